The van der Waals surface area contributed by atoms with Crippen molar-refractivity contribution in [1.82, 2.24) is 0 Å². The molecule has 0 radical (unpaired) electrons. The van der Waals surface area contributed by atoms with Crippen molar-refractivity contribution in [1.29, 1.82) is 0 Å². The van der Waals surface area contributed by atoms with Crippen LogP contribution in [0.25, 0.3) is 107 Å². The van der Waals surface area contributed by atoms with Gasteiger partial charge in [0.2, 0.25) is 0 Å². The lowest BCUT2D eigenvalue weighted by Gasteiger charge is -2.29. The third-order valence-corrected chi connectivity index (χ3v) is 14.0. The molecule has 2 nitrogen and oxygen atoms in total. The molecular weight excluding hydrogens is 783 g/mol. The number of furan rings is 1. The number of fused-ring (bicyclic) bond motifs is 16. The van der Waals surface area contributed by atoms with Crippen LogP contribution in [0.3, 0.4) is 0 Å². The highest BCUT2D eigenvalue weighted by Gasteiger charge is 2.23. The normalized spacial score (nSPS) is 11.8. The number of benzene rings is 10. The third kappa shape index (κ3) is 5.64. The molecule has 13 aromatic rings. The van der Waals surface area contributed by atoms with E-state index in [1.807, 2.05) is 17.4 Å². The van der Waals surface area contributed by atoms with Crippen LogP contribution in [-0.2, 0) is 0 Å². The molecule has 0 aliphatic heterocycles. The van der Waals surface area contributed by atoms with Gasteiger partial charge in [-0.3, -0.25) is 0 Å². The smallest absolute Gasteiger partial charge is 0.137 e. The van der Waals surface area contributed by atoms with Crippen LogP contribution in [0.1, 0.15) is 0 Å². The van der Waals surface area contributed by atoms with Gasteiger partial charge in [0.05, 0.1) is 16.8 Å². The summed E-state index contributed by atoms with van der Waals surface area (Å²) in [6.07, 6.45) is 0. The Bertz CT molecular complexity index is 4050. The molecule has 0 bridgehead atoms. The first-order valence-electron chi connectivity index (χ1n) is 21.5. The van der Waals surface area contributed by atoms with Crippen LogP contribution in [0.5, 0.6) is 0 Å². The lowest BCUT2D eigenvalue weighted by molar-refractivity contribution is 0.669. The molecule has 2 heterocycles. The molecule has 63 heavy (non-hydrogen) atoms. The Morgan fingerprint density at radius 2 is 0.810 bits per heavy atom. The molecule has 294 valence electrons. The maximum absolute atomic E-state index is 6.57. The Morgan fingerprint density at radius 1 is 0.302 bits per heavy atom. The Hall–Kier alpha value is -7.98. The number of rotatable bonds is 4. The second-order valence-electron chi connectivity index (χ2n) is 16.3. The van der Waals surface area contributed by atoms with Crippen molar-refractivity contribution in [3.05, 3.63) is 224 Å². The summed E-state index contributed by atoms with van der Waals surface area (Å²) in [6, 6.07) is 82.2. The van der Waals surface area contributed by atoms with Crippen molar-refractivity contribution in [3.63, 3.8) is 0 Å². The number of anilines is 3. The minimum absolute atomic E-state index is 0.858. The van der Waals surface area contributed by atoms with Gasteiger partial charge in [0.15, 0.2) is 0 Å². The number of para-hydroxylation sites is 2. The van der Waals surface area contributed by atoms with Crippen molar-refractivity contribution in [2.24, 2.45) is 0 Å². The first kappa shape index (κ1) is 35.7. The van der Waals surface area contributed by atoms with Gasteiger partial charge in [-0.1, -0.05) is 170 Å². The monoisotopic (exact) mass is 819 g/mol. The third-order valence-electron chi connectivity index (χ3n) is 12.9. The summed E-state index contributed by atoms with van der Waals surface area (Å²) < 4.78 is 9.14. The fourth-order valence-corrected chi connectivity index (χ4v) is 11.2. The van der Waals surface area contributed by atoms with Gasteiger partial charge in [-0.15, -0.1) is 11.3 Å². The molecule has 0 saturated carbocycles. The predicted molar refractivity (Wildman–Crippen MR) is 272 cm³/mol. The zero-order valence-corrected chi connectivity index (χ0v) is 34.9. The molecule has 13 rings (SSSR count). The van der Waals surface area contributed by atoms with Crippen molar-refractivity contribution >= 4 is 124 Å². The fourth-order valence-electron chi connectivity index (χ4n) is 10.1. The van der Waals surface area contributed by atoms with Gasteiger partial charge in [0.1, 0.15) is 11.2 Å². The van der Waals surface area contributed by atoms with Crippen LogP contribution in [-0.4, -0.2) is 0 Å². The van der Waals surface area contributed by atoms with Gasteiger partial charge >= 0.3 is 0 Å². The van der Waals surface area contributed by atoms with Crippen molar-refractivity contribution in [2.45, 2.75) is 0 Å². The van der Waals surface area contributed by atoms with Crippen LogP contribution in [0.2, 0.25) is 0 Å². The van der Waals surface area contributed by atoms with E-state index in [2.05, 4.69) is 223 Å². The summed E-state index contributed by atoms with van der Waals surface area (Å²) in [6.45, 7) is 0. The van der Waals surface area contributed by atoms with Crippen LogP contribution < -0.4 is 4.90 Å². The summed E-state index contributed by atoms with van der Waals surface area (Å²) in [5.74, 6) is 0. The van der Waals surface area contributed by atoms with Crippen molar-refractivity contribution < 1.29 is 4.42 Å². The summed E-state index contributed by atoms with van der Waals surface area (Å²) in [4.78, 5) is 2.46. The van der Waals surface area contributed by atoms with Gasteiger partial charge in [0, 0.05) is 36.8 Å². The standard InChI is InChI=1S/C60H37NOS/c1-2-17-38(18-3-1)40-19-10-13-28-54(40)61(55-29-16-31-57-60(55)49-27-11-14-30-56(49)62-57)39-33-34-47-45-24-7-6-22-43(45)41-20-4-5-21-42(41)44-23-8-9-25-46(44)52-37-59-53(36-51(52)50(47)35-39)48-26-12-15-32-58(48)63-59/h1-37H. The fraction of sp³-hybridized carbons (Fsp3) is 0. The molecule has 3 heteroatoms. The first-order chi connectivity index (χ1) is 31.3. The average molecular weight is 820 g/mol. The van der Waals surface area contributed by atoms with E-state index < -0.39 is 0 Å². The van der Waals surface area contributed by atoms with E-state index in [0.717, 1.165) is 50.1 Å². The highest BCUT2D eigenvalue weighted by molar-refractivity contribution is 7.25. The number of thiophene rings is 1. The minimum Gasteiger partial charge on any atom is -0.456 e. The molecule has 11 aromatic carbocycles. The second kappa shape index (κ2) is 14.3. The van der Waals surface area contributed by atoms with E-state index in [4.69, 9.17) is 4.42 Å². The highest BCUT2D eigenvalue weighted by Crippen LogP contribution is 2.48. The molecule has 0 N–H and O–H groups in total. The molecule has 0 aliphatic carbocycles. The second-order valence-corrected chi connectivity index (χ2v) is 17.4. The maximum Gasteiger partial charge on any atom is 0.137 e. The highest BCUT2D eigenvalue weighted by atomic mass is 32.1. The summed E-state index contributed by atoms with van der Waals surface area (Å²) >= 11 is 1.87. The number of hydrogen-bond donors (Lipinski definition) is 0. The Balaban J connectivity index is 1.26. The van der Waals surface area contributed by atoms with E-state index in [9.17, 15) is 0 Å². The molecular formula is C60H37NOS. The molecule has 0 aliphatic rings. The van der Waals surface area contributed by atoms with Crippen molar-refractivity contribution in [3.8, 4) is 11.1 Å². The Kier molecular flexibility index (Phi) is 8.12. The zero-order chi connectivity index (χ0) is 41.4. The van der Waals surface area contributed by atoms with E-state index in [-0.39, 0.29) is 0 Å². The van der Waals surface area contributed by atoms with E-state index in [0.29, 0.717) is 0 Å². The lowest BCUT2D eigenvalue weighted by Crippen LogP contribution is -2.11. The van der Waals surface area contributed by atoms with Crippen molar-refractivity contribution in [2.75, 3.05) is 4.90 Å². The summed E-state index contributed by atoms with van der Waals surface area (Å²) in [5.41, 5.74) is 7.22. The lowest BCUT2D eigenvalue weighted by atomic mass is 9.93. The Morgan fingerprint density at radius 3 is 1.52 bits per heavy atom. The summed E-state index contributed by atoms with van der Waals surface area (Å²) in [5, 5.41) is 16.8. The molecule has 0 spiro atoms. The first-order valence-corrected chi connectivity index (χ1v) is 22.3. The largest absolute Gasteiger partial charge is 0.456 e. The minimum atomic E-state index is 0.858. The summed E-state index contributed by atoms with van der Waals surface area (Å²) in [7, 11) is 0. The Labute approximate surface area is 367 Å². The van der Waals surface area contributed by atoms with Gasteiger partial charge < -0.3 is 9.32 Å². The molecule has 0 atom stereocenters. The average Bonchev–Trinajstić information content (AvgIpc) is 3.92. The van der Waals surface area contributed by atoms with Gasteiger partial charge in [0.25, 0.3) is 0 Å². The van der Waals surface area contributed by atoms with Gasteiger partial charge in [-0.2, -0.15) is 0 Å². The number of hydrogen-bond acceptors (Lipinski definition) is 3. The van der Waals surface area contributed by atoms with Crippen LogP contribution in [0.4, 0.5) is 17.1 Å². The molecule has 0 fully saturated rings. The van der Waals surface area contributed by atoms with E-state index in [1.54, 1.807) is 0 Å². The molecule has 0 amide bonds. The van der Waals surface area contributed by atoms with Crippen LogP contribution in [0, 0.1) is 0 Å². The predicted octanol–water partition coefficient (Wildman–Crippen LogP) is 18.0. The zero-order valence-electron chi connectivity index (χ0n) is 34.1. The quantitative estimate of drug-likeness (QED) is 0.176. The van der Waals surface area contributed by atoms with E-state index in [1.165, 1.54) is 74.0 Å². The van der Waals surface area contributed by atoms with Crippen LogP contribution >= 0.6 is 11.3 Å². The number of nitrogens with zero attached hydrogens (tertiary/aromatic N) is 1. The molecule has 0 unspecified atom stereocenters. The maximum atomic E-state index is 6.57. The van der Waals surface area contributed by atoms with Crippen LogP contribution in [0.15, 0.2) is 229 Å². The SMILES string of the molecule is c1ccc(-c2ccccc2N(c2ccc3c4ccccc4c4ccccc4c4ccccc4c4cc5sc6ccccc6c5cc4c3c2)c2cccc3oc4ccccc4c23)cc1. The van der Waals surface area contributed by atoms with Gasteiger partial charge in [-0.25, -0.2) is 0 Å². The van der Waals surface area contributed by atoms with E-state index >= 15 is 0 Å². The molecule has 0 saturated heterocycles. The topological polar surface area (TPSA) is 16.4 Å². The van der Waals surface area contributed by atoms with Gasteiger partial charge in [-0.05, 0) is 114 Å². The molecule has 2 aromatic heterocycles.